The highest BCUT2D eigenvalue weighted by Crippen LogP contribution is 2.28. The van der Waals surface area contributed by atoms with Crippen molar-refractivity contribution in [1.82, 2.24) is 20.4 Å². The number of piperidine rings is 1. The summed E-state index contributed by atoms with van der Waals surface area (Å²) in [5.41, 5.74) is 1.68. The molecule has 4 rings (SSSR count). The van der Waals surface area contributed by atoms with E-state index in [-0.39, 0.29) is 5.91 Å². The smallest absolute Gasteiger partial charge is 0.328 e. The summed E-state index contributed by atoms with van der Waals surface area (Å²) < 4.78 is 0. The number of hydrogen-bond acceptors (Lipinski definition) is 5. The van der Waals surface area contributed by atoms with Gasteiger partial charge < -0.3 is 20.4 Å². The van der Waals surface area contributed by atoms with E-state index in [1.54, 1.807) is 6.20 Å². The SMILES string of the molecule is O=C(NC1CN2CC[C@H]1C2)c1ccc2[nH]ncc2c1.O=C(O)/C=C/C(=O)O. The molecule has 3 atom stereocenters. The Kier molecular flexibility index (Phi) is 5.51. The first-order valence-corrected chi connectivity index (χ1v) is 8.52. The number of aromatic amines is 1. The molecule has 27 heavy (non-hydrogen) atoms. The van der Waals surface area contributed by atoms with Crippen LogP contribution in [0.3, 0.4) is 0 Å². The van der Waals surface area contributed by atoms with Crippen molar-refractivity contribution in [3.05, 3.63) is 42.1 Å². The summed E-state index contributed by atoms with van der Waals surface area (Å²) in [6, 6.07) is 5.97. The molecule has 1 amide bonds. The first-order valence-electron chi connectivity index (χ1n) is 8.52. The molecule has 0 radical (unpaired) electrons. The van der Waals surface area contributed by atoms with Gasteiger partial charge >= 0.3 is 11.9 Å². The average Bonchev–Trinajstić information content (AvgIpc) is 3.36. The molecule has 2 aromatic rings. The first kappa shape index (κ1) is 18.6. The number of carboxylic acid groups (broad SMARTS) is 2. The molecule has 2 unspecified atom stereocenters. The number of carbonyl (C=O) groups is 3. The van der Waals surface area contributed by atoms with Gasteiger partial charge in [0.2, 0.25) is 0 Å². The van der Waals surface area contributed by atoms with Crippen LogP contribution in [-0.2, 0) is 9.59 Å². The molecule has 4 N–H and O–H groups in total. The first-order chi connectivity index (χ1) is 12.9. The topological polar surface area (TPSA) is 136 Å². The van der Waals surface area contributed by atoms with E-state index in [0.717, 1.165) is 24.0 Å². The number of benzene rings is 1. The Morgan fingerprint density at radius 3 is 2.52 bits per heavy atom. The Morgan fingerprint density at radius 2 is 1.93 bits per heavy atom. The van der Waals surface area contributed by atoms with Crippen molar-refractivity contribution in [1.29, 1.82) is 0 Å². The summed E-state index contributed by atoms with van der Waals surface area (Å²) in [6.45, 7) is 3.34. The minimum Gasteiger partial charge on any atom is -0.478 e. The van der Waals surface area contributed by atoms with E-state index in [1.807, 2.05) is 18.2 Å². The van der Waals surface area contributed by atoms with E-state index in [4.69, 9.17) is 10.2 Å². The lowest BCUT2D eigenvalue weighted by Gasteiger charge is -2.23. The van der Waals surface area contributed by atoms with Gasteiger partial charge in [-0.2, -0.15) is 5.10 Å². The normalized spacial score (nSPS) is 23.2. The summed E-state index contributed by atoms with van der Waals surface area (Å²) in [4.78, 5) is 33.8. The maximum absolute atomic E-state index is 12.3. The minimum absolute atomic E-state index is 0.0295. The fourth-order valence-corrected chi connectivity index (χ4v) is 3.43. The molecular formula is C18H20N4O5. The molecule has 2 bridgehead atoms. The summed E-state index contributed by atoms with van der Waals surface area (Å²) in [7, 11) is 0. The molecule has 0 spiro atoms. The van der Waals surface area contributed by atoms with Crippen LogP contribution >= 0.6 is 0 Å². The second-order valence-corrected chi connectivity index (χ2v) is 6.57. The highest BCUT2D eigenvalue weighted by Gasteiger charge is 2.38. The van der Waals surface area contributed by atoms with E-state index in [9.17, 15) is 14.4 Å². The zero-order chi connectivity index (χ0) is 19.4. The standard InChI is InChI=1S/C14H16N4O.C4H4O4/c19-14(16-13-8-18-4-3-10(13)7-18)9-1-2-12-11(5-9)6-15-17-12;5-3(6)1-2-4(7)8/h1-2,5-6,10,13H,3-4,7-8H2,(H,15,17)(H,16,19);1-2H,(H,5,6)(H,7,8)/b;2-1+/t10-,13?;/m0./s1. The Labute approximate surface area is 154 Å². The molecule has 142 valence electrons. The predicted octanol–water partition coefficient (Wildman–Crippen LogP) is 0.709. The summed E-state index contributed by atoms with van der Waals surface area (Å²) >= 11 is 0. The van der Waals surface area contributed by atoms with Crippen LogP contribution in [0.2, 0.25) is 0 Å². The molecule has 0 aliphatic carbocycles. The summed E-state index contributed by atoms with van der Waals surface area (Å²) in [6.07, 6.45) is 4.08. The molecule has 1 aromatic carbocycles. The Balaban J connectivity index is 0.000000226. The van der Waals surface area contributed by atoms with Gasteiger partial charge in [-0.25, -0.2) is 9.59 Å². The molecule has 1 aromatic heterocycles. The molecule has 9 heteroatoms. The summed E-state index contributed by atoms with van der Waals surface area (Å²) in [5, 5.41) is 26.6. The van der Waals surface area contributed by atoms with Crippen molar-refractivity contribution < 1.29 is 24.6 Å². The number of aromatic nitrogens is 2. The number of hydrogen-bond donors (Lipinski definition) is 4. The van der Waals surface area contributed by atoms with Gasteiger partial charge in [-0.1, -0.05) is 0 Å². The number of nitrogens with zero attached hydrogens (tertiary/aromatic N) is 2. The minimum atomic E-state index is -1.26. The van der Waals surface area contributed by atoms with Gasteiger partial charge in [0.15, 0.2) is 0 Å². The molecule has 9 nitrogen and oxygen atoms in total. The van der Waals surface area contributed by atoms with Crippen molar-refractivity contribution >= 4 is 28.7 Å². The monoisotopic (exact) mass is 372 g/mol. The van der Waals surface area contributed by atoms with E-state index in [0.29, 0.717) is 29.7 Å². The number of rotatable bonds is 4. The molecule has 3 heterocycles. The second-order valence-electron chi connectivity index (χ2n) is 6.57. The average molecular weight is 372 g/mol. The maximum atomic E-state index is 12.3. The number of fused-ring (bicyclic) bond motifs is 3. The molecule has 2 fully saturated rings. The maximum Gasteiger partial charge on any atom is 0.328 e. The third-order valence-electron chi connectivity index (χ3n) is 4.72. The van der Waals surface area contributed by atoms with Crippen LogP contribution < -0.4 is 5.32 Å². The van der Waals surface area contributed by atoms with Gasteiger partial charge in [0.25, 0.3) is 5.91 Å². The number of carbonyl (C=O) groups excluding carboxylic acids is 1. The third kappa shape index (κ3) is 4.70. The van der Waals surface area contributed by atoms with E-state index >= 15 is 0 Å². The van der Waals surface area contributed by atoms with Gasteiger partial charge in [0.1, 0.15) is 0 Å². The lowest BCUT2D eigenvalue weighted by molar-refractivity contribution is -0.134. The number of carboxylic acids is 2. The van der Waals surface area contributed by atoms with Crippen molar-refractivity contribution in [2.45, 2.75) is 12.5 Å². The Morgan fingerprint density at radius 1 is 1.19 bits per heavy atom. The Bertz CT molecular complexity index is 875. The molecule has 2 aliphatic rings. The number of amides is 1. The van der Waals surface area contributed by atoms with Crippen molar-refractivity contribution in [2.75, 3.05) is 19.6 Å². The van der Waals surface area contributed by atoms with E-state index < -0.39 is 11.9 Å². The van der Waals surface area contributed by atoms with Gasteiger partial charge in [0, 0.05) is 42.2 Å². The van der Waals surface area contributed by atoms with Crippen molar-refractivity contribution in [3.63, 3.8) is 0 Å². The molecule has 2 aliphatic heterocycles. The van der Waals surface area contributed by atoms with Crippen LogP contribution in [0.25, 0.3) is 10.9 Å². The highest BCUT2D eigenvalue weighted by molar-refractivity contribution is 5.98. The van der Waals surface area contributed by atoms with E-state index in [1.165, 1.54) is 13.0 Å². The van der Waals surface area contributed by atoms with Gasteiger partial charge in [-0.05, 0) is 37.1 Å². The highest BCUT2D eigenvalue weighted by atomic mass is 16.4. The quantitative estimate of drug-likeness (QED) is 0.580. The fraction of sp³-hybridized carbons (Fsp3) is 0.333. The predicted molar refractivity (Wildman–Crippen MR) is 96.3 cm³/mol. The molecule has 2 saturated heterocycles. The number of H-pyrrole nitrogens is 1. The number of aliphatic carboxylic acids is 2. The summed E-state index contributed by atoms with van der Waals surface area (Å²) in [5.74, 6) is -1.84. The fourth-order valence-electron chi connectivity index (χ4n) is 3.43. The lowest BCUT2D eigenvalue weighted by Crippen LogP contribution is -2.43. The van der Waals surface area contributed by atoms with Crippen molar-refractivity contribution in [2.24, 2.45) is 5.92 Å². The van der Waals surface area contributed by atoms with Crippen LogP contribution in [-0.4, -0.2) is 68.8 Å². The zero-order valence-corrected chi connectivity index (χ0v) is 14.5. The second kappa shape index (κ2) is 8.00. The van der Waals surface area contributed by atoms with E-state index in [2.05, 4.69) is 20.4 Å². The van der Waals surface area contributed by atoms with Gasteiger partial charge in [0.05, 0.1) is 11.7 Å². The molecule has 0 saturated carbocycles. The van der Waals surface area contributed by atoms with Crippen LogP contribution in [0.4, 0.5) is 0 Å². The van der Waals surface area contributed by atoms with Crippen LogP contribution in [0, 0.1) is 5.92 Å². The zero-order valence-electron chi connectivity index (χ0n) is 14.5. The van der Waals surface area contributed by atoms with Gasteiger partial charge in [-0.15, -0.1) is 0 Å². The van der Waals surface area contributed by atoms with Crippen LogP contribution in [0.1, 0.15) is 16.8 Å². The van der Waals surface area contributed by atoms with Crippen LogP contribution in [0.5, 0.6) is 0 Å². The largest absolute Gasteiger partial charge is 0.478 e. The third-order valence-corrected chi connectivity index (χ3v) is 4.72. The lowest BCUT2D eigenvalue weighted by atomic mass is 9.99. The van der Waals surface area contributed by atoms with Crippen molar-refractivity contribution in [3.8, 4) is 0 Å². The molecular weight excluding hydrogens is 352 g/mol. The van der Waals surface area contributed by atoms with Gasteiger partial charge in [-0.3, -0.25) is 9.89 Å². The van der Waals surface area contributed by atoms with Crippen LogP contribution in [0.15, 0.2) is 36.5 Å². The number of nitrogens with one attached hydrogen (secondary N) is 2. The Hall–Kier alpha value is -3.20.